The van der Waals surface area contributed by atoms with Crippen LogP contribution in [0.1, 0.15) is 24.8 Å². The summed E-state index contributed by atoms with van der Waals surface area (Å²) in [6, 6.07) is 10.3. The first-order valence-corrected chi connectivity index (χ1v) is 9.32. The van der Waals surface area contributed by atoms with Gasteiger partial charge in [0.25, 0.3) is 0 Å². The largest absolute Gasteiger partial charge is 0.445 e. The Labute approximate surface area is 149 Å². The molecule has 2 unspecified atom stereocenters. The number of nitrogens with one attached hydrogen (secondary N) is 2. The first-order valence-electron chi connectivity index (χ1n) is 9.32. The Morgan fingerprint density at radius 2 is 2.16 bits per heavy atom. The van der Waals surface area contributed by atoms with Gasteiger partial charge in [0.05, 0.1) is 19.3 Å². The van der Waals surface area contributed by atoms with Crippen LogP contribution < -0.4 is 10.6 Å². The Morgan fingerprint density at radius 1 is 1.28 bits per heavy atom. The fourth-order valence-electron chi connectivity index (χ4n) is 3.34. The van der Waals surface area contributed by atoms with Gasteiger partial charge in [-0.3, -0.25) is 0 Å². The molecule has 0 aliphatic carbocycles. The van der Waals surface area contributed by atoms with E-state index >= 15 is 0 Å². The van der Waals surface area contributed by atoms with Gasteiger partial charge in [-0.2, -0.15) is 0 Å². The van der Waals surface area contributed by atoms with E-state index in [0.29, 0.717) is 32.3 Å². The minimum atomic E-state index is -0.254. The van der Waals surface area contributed by atoms with Gasteiger partial charge in [0.15, 0.2) is 0 Å². The highest BCUT2D eigenvalue weighted by molar-refractivity contribution is 5.67. The maximum atomic E-state index is 12.3. The maximum Gasteiger partial charge on any atom is 0.410 e. The molecule has 6 nitrogen and oxygen atoms in total. The lowest BCUT2D eigenvalue weighted by Crippen LogP contribution is -2.50. The molecule has 3 rings (SSSR count). The second kappa shape index (κ2) is 9.75. The van der Waals surface area contributed by atoms with E-state index in [1.165, 1.54) is 12.8 Å². The number of morpholine rings is 1. The number of hydrogen-bond acceptors (Lipinski definition) is 5. The van der Waals surface area contributed by atoms with E-state index in [4.69, 9.17) is 9.47 Å². The number of amides is 1. The lowest BCUT2D eigenvalue weighted by atomic mass is 10.1. The van der Waals surface area contributed by atoms with Crippen molar-refractivity contribution in [3.63, 3.8) is 0 Å². The lowest BCUT2D eigenvalue weighted by Gasteiger charge is -2.33. The third-order valence-corrected chi connectivity index (χ3v) is 4.81. The topological polar surface area (TPSA) is 62.8 Å². The van der Waals surface area contributed by atoms with Crippen LogP contribution in [-0.4, -0.2) is 62.5 Å². The molecule has 25 heavy (non-hydrogen) atoms. The molecule has 2 saturated heterocycles. The number of carbonyl (C=O) groups excluding carboxylic acids is 1. The number of benzene rings is 1. The Kier molecular flexibility index (Phi) is 7.09. The molecular weight excluding hydrogens is 318 g/mol. The highest BCUT2D eigenvalue weighted by Gasteiger charge is 2.26. The first kappa shape index (κ1) is 18.2. The van der Waals surface area contributed by atoms with Crippen molar-refractivity contribution in [1.29, 1.82) is 0 Å². The van der Waals surface area contributed by atoms with Crippen molar-refractivity contribution in [2.24, 2.45) is 0 Å². The van der Waals surface area contributed by atoms with Gasteiger partial charge in [0, 0.05) is 19.1 Å². The maximum absolute atomic E-state index is 12.3. The number of nitrogens with zero attached hydrogens (tertiary/aromatic N) is 1. The third kappa shape index (κ3) is 5.99. The summed E-state index contributed by atoms with van der Waals surface area (Å²) in [5.74, 6) is 0. The smallest absolute Gasteiger partial charge is 0.410 e. The molecule has 138 valence electrons. The van der Waals surface area contributed by atoms with Gasteiger partial charge in [-0.15, -0.1) is 0 Å². The predicted molar refractivity (Wildman–Crippen MR) is 96.5 cm³/mol. The second-order valence-corrected chi connectivity index (χ2v) is 6.77. The predicted octanol–water partition coefficient (Wildman–Crippen LogP) is 1.76. The molecule has 0 spiro atoms. The van der Waals surface area contributed by atoms with Crippen molar-refractivity contribution >= 4 is 6.09 Å². The minimum absolute atomic E-state index is 0.0363. The summed E-state index contributed by atoms with van der Waals surface area (Å²) in [4.78, 5) is 14.0. The number of ether oxygens (including phenoxy) is 2. The van der Waals surface area contributed by atoms with Crippen LogP contribution in [-0.2, 0) is 16.1 Å². The van der Waals surface area contributed by atoms with E-state index in [2.05, 4.69) is 10.6 Å². The molecule has 0 bridgehead atoms. The summed E-state index contributed by atoms with van der Waals surface area (Å²) in [5.41, 5.74) is 1.00. The van der Waals surface area contributed by atoms with Gasteiger partial charge in [-0.25, -0.2) is 4.79 Å². The van der Waals surface area contributed by atoms with Crippen LogP contribution >= 0.6 is 0 Å². The highest BCUT2D eigenvalue weighted by Crippen LogP contribution is 2.10. The zero-order valence-electron chi connectivity index (χ0n) is 14.8. The SMILES string of the molecule is O=C(OCc1ccccc1)N1CCOC(CNC2CCCNCC2)C1. The van der Waals surface area contributed by atoms with Crippen LogP contribution in [0.2, 0.25) is 0 Å². The van der Waals surface area contributed by atoms with Gasteiger partial charge in [0.1, 0.15) is 6.61 Å². The van der Waals surface area contributed by atoms with Crippen LogP contribution in [0.3, 0.4) is 0 Å². The first-order chi connectivity index (χ1) is 12.3. The van der Waals surface area contributed by atoms with Gasteiger partial charge < -0.3 is 25.0 Å². The van der Waals surface area contributed by atoms with Crippen molar-refractivity contribution in [3.05, 3.63) is 35.9 Å². The van der Waals surface area contributed by atoms with E-state index in [9.17, 15) is 4.79 Å². The van der Waals surface area contributed by atoms with E-state index in [1.54, 1.807) is 4.90 Å². The van der Waals surface area contributed by atoms with Crippen molar-refractivity contribution in [3.8, 4) is 0 Å². The number of carbonyl (C=O) groups is 1. The van der Waals surface area contributed by atoms with Crippen LogP contribution in [0.4, 0.5) is 4.79 Å². The van der Waals surface area contributed by atoms with Gasteiger partial charge in [-0.05, 0) is 37.9 Å². The Hall–Kier alpha value is -1.63. The summed E-state index contributed by atoms with van der Waals surface area (Å²) >= 11 is 0. The molecule has 2 fully saturated rings. The van der Waals surface area contributed by atoms with Crippen LogP contribution in [0.15, 0.2) is 30.3 Å². The summed E-state index contributed by atoms with van der Waals surface area (Å²) < 4.78 is 11.2. The fraction of sp³-hybridized carbons (Fsp3) is 0.632. The Balaban J connectivity index is 1.40. The number of hydrogen-bond donors (Lipinski definition) is 2. The molecule has 0 aromatic heterocycles. The van der Waals surface area contributed by atoms with Crippen LogP contribution in [0, 0.1) is 0 Å². The molecule has 1 amide bonds. The summed E-state index contributed by atoms with van der Waals surface area (Å²) in [7, 11) is 0. The van der Waals surface area contributed by atoms with Crippen molar-refractivity contribution < 1.29 is 14.3 Å². The van der Waals surface area contributed by atoms with Crippen molar-refractivity contribution in [1.82, 2.24) is 15.5 Å². The van der Waals surface area contributed by atoms with E-state index < -0.39 is 0 Å². The Bertz CT molecular complexity index is 518. The molecule has 2 atom stereocenters. The molecule has 0 saturated carbocycles. The van der Waals surface area contributed by atoms with Crippen molar-refractivity contribution in [2.75, 3.05) is 39.3 Å². The minimum Gasteiger partial charge on any atom is -0.445 e. The number of rotatable bonds is 5. The Morgan fingerprint density at radius 3 is 3.04 bits per heavy atom. The monoisotopic (exact) mass is 347 g/mol. The van der Waals surface area contributed by atoms with Gasteiger partial charge in [-0.1, -0.05) is 30.3 Å². The summed E-state index contributed by atoms with van der Waals surface area (Å²) in [5, 5.41) is 7.03. The molecule has 2 heterocycles. The van der Waals surface area contributed by atoms with E-state index in [1.807, 2.05) is 30.3 Å². The van der Waals surface area contributed by atoms with Crippen molar-refractivity contribution in [2.45, 2.75) is 38.0 Å². The zero-order chi connectivity index (χ0) is 17.3. The highest BCUT2D eigenvalue weighted by atomic mass is 16.6. The quantitative estimate of drug-likeness (QED) is 0.850. The molecule has 2 aliphatic rings. The normalized spacial score (nSPS) is 24.6. The standard InChI is InChI=1S/C19H29N3O3/c23-19(25-15-16-5-2-1-3-6-16)22-11-12-24-18(14-22)13-21-17-7-4-9-20-10-8-17/h1-3,5-6,17-18,20-21H,4,7-15H2. The second-order valence-electron chi connectivity index (χ2n) is 6.77. The van der Waals surface area contributed by atoms with Crippen LogP contribution in [0.25, 0.3) is 0 Å². The molecule has 1 aromatic rings. The zero-order valence-corrected chi connectivity index (χ0v) is 14.8. The summed E-state index contributed by atoms with van der Waals surface area (Å²) in [6.07, 6.45) is 3.34. The average molecular weight is 347 g/mol. The van der Waals surface area contributed by atoms with Crippen LogP contribution in [0.5, 0.6) is 0 Å². The molecule has 6 heteroatoms. The molecule has 1 aromatic carbocycles. The molecule has 2 N–H and O–H groups in total. The molecular formula is C19H29N3O3. The molecule has 2 aliphatic heterocycles. The van der Waals surface area contributed by atoms with E-state index in [-0.39, 0.29) is 12.2 Å². The third-order valence-electron chi connectivity index (χ3n) is 4.81. The van der Waals surface area contributed by atoms with Gasteiger partial charge in [0.2, 0.25) is 0 Å². The fourth-order valence-corrected chi connectivity index (χ4v) is 3.34. The summed E-state index contributed by atoms with van der Waals surface area (Å²) in [6.45, 7) is 5.03. The van der Waals surface area contributed by atoms with Gasteiger partial charge >= 0.3 is 6.09 Å². The van der Waals surface area contributed by atoms with E-state index in [0.717, 1.165) is 31.6 Å². The lowest BCUT2D eigenvalue weighted by molar-refractivity contribution is -0.0281. The average Bonchev–Trinajstić information content (AvgIpc) is 2.94. The molecule has 0 radical (unpaired) electrons.